The zero-order valence-corrected chi connectivity index (χ0v) is 14.7. The molecule has 0 aliphatic rings. The van der Waals surface area contributed by atoms with Crippen LogP contribution in [0.5, 0.6) is 5.75 Å². The van der Waals surface area contributed by atoms with Crippen LogP contribution in [0, 0.1) is 6.92 Å². The summed E-state index contributed by atoms with van der Waals surface area (Å²) in [5.74, 6) is 1.09. The largest absolute Gasteiger partial charge is 0.496 e. The van der Waals surface area contributed by atoms with Crippen LogP contribution in [0.25, 0.3) is 0 Å². The molecule has 0 radical (unpaired) electrons. The predicted molar refractivity (Wildman–Crippen MR) is 101 cm³/mol. The van der Waals surface area contributed by atoms with Gasteiger partial charge in [0.05, 0.1) is 7.11 Å². The summed E-state index contributed by atoms with van der Waals surface area (Å²) < 4.78 is 5.33. The number of anilines is 2. The van der Waals surface area contributed by atoms with Gasteiger partial charge in [0.15, 0.2) is 0 Å². The molecule has 0 fully saturated rings. The van der Waals surface area contributed by atoms with Crippen LogP contribution < -0.4 is 15.4 Å². The van der Waals surface area contributed by atoms with Crippen LogP contribution in [0.15, 0.2) is 60.9 Å². The van der Waals surface area contributed by atoms with Crippen molar-refractivity contribution in [3.05, 3.63) is 77.7 Å². The molecule has 1 heterocycles. The standard InChI is InChI=1S/C20H20N4O2/c1-14-6-5-8-16(10-14)24-20(25)17-11-19(23-13-22-17)21-12-15-7-3-4-9-18(15)26-2/h3-11,13H,12H2,1-2H3,(H,24,25)(H,21,22,23). The first-order chi connectivity index (χ1) is 12.7. The lowest BCUT2D eigenvalue weighted by atomic mass is 10.2. The highest BCUT2D eigenvalue weighted by Crippen LogP contribution is 2.18. The maximum Gasteiger partial charge on any atom is 0.274 e. The number of methoxy groups -OCH3 is 1. The fourth-order valence-corrected chi connectivity index (χ4v) is 2.53. The maximum absolute atomic E-state index is 12.4. The summed E-state index contributed by atoms with van der Waals surface area (Å²) in [5, 5.41) is 6.03. The molecule has 0 spiro atoms. The van der Waals surface area contributed by atoms with Crippen LogP contribution in [0.1, 0.15) is 21.6 Å². The van der Waals surface area contributed by atoms with Crippen LogP contribution in [-0.2, 0) is 6.54 Å². The molecule has 0 bridgehead atoms. The molecule has 2 aromatic carbocycles. The number of benzene rings is 2. The van der Waals surface area contributed by atoms with E-state index in [4.69, 9.17) is 4.74 Å². The van der Waals surface area contributed by atoms with Crippen molar-refractivity contribution < 1.29 is 9.53 Å². The number of aromatic nitrogens is 2. The van der Waals surface area contributed by atoms with Crippen molar-refractivity contribution in [2.75, 3.05) is 17.7 Å². The average Bonchev–Trinajstić information content (AvgIpc) is 2.67. The van der Waals surface area contributed by atoms with Gasteiger partial charge in [-0.1, -0.05) is 30.3 Å². The van der Waals surface area contributed by atoms with E-state index in [0.717, 1.165) is 22.6 Å². The lowest BCUT2D eigenvalue weighted by molar-refractivity contribution is 0.102. The number of nitrogens with zero attached hydrogens (tertiary/aromatic N) is 2. The van der Waals surface area contributed by atoms with E-state index in [1.807, 2.05) is 55.5 Å². The molecule has 0 saturated heterocycles. The monoisotopic (exact) mass is 348 g/mol. The number of aryl methyl sites for hydroxylation is 1. The lowest BCUT2D eigenvalue weighted by Gasteiger charge is -2.10. The van der Waals surface area contributed by atoms with Gasteiger partial charge >= 0.3 is 0 Å². The summed E-state index contributed by atoms with van der Waals surface area (Å²) in [6.07, 6.45) is 1.37. The molecule has 6 nitrogen and oxygen atoms in total. The number of rotatable bonds is 6. The molecular weight excluding hydrogens is 328 g/mol. The van der Waals surface area contributed by atoms with Gasteiger partial charge in [0, 0.05) is 23.9 Å². The molecular formula is C20H20N4O2. The molecule has 1 amide bonds. The molecule has 26 heavy (non-hydrogen) atoms. The van der Waals surface area contributed by atoms with E-state index in [1.54, 1.807) is 13.2 Å². The highest BCUT2D eigenvalue weighted by molar-refractivity contribution is 6.03. The van der Waals surface area contributed by atoms with E-state index in [1.165, 1.54) is 6.33 Å². The van der Waals surface area contributed by atoms with E-state index in [9.17, 15) is 4.79 Å². The minimum atomic E-state index is -0.279. The Hall–Kier alpha value is -3.41. The number of ether oxygens (including phenoxy) is 1. The summed E-state index contributed by atoms with van der Waals surface area (Å²) in [7, 11) is 1.64. The third kappa shape index (κ3) is 4.36. The maximum atomic E-state index is 12.4. The average molecular weight is 348 g/mol. The summed E-state index contributed by atoms with van der Waals surface area (Å²) in [4.78, 5) is 20.6. The van der Waals surface area contributed by atoms with Crippen LogP contribution >= 0.6 is 0 Å². The van der Waals surface area contributed by atoms with Crippen molar-refractivity contribution in [1.82, 2.24) is 9.97 Å². The molecule has 2 N–H and O–H groups in total. The van der Waals surface area contributed by atoms with Gasteiger partial charge in [-0.15, -0.1) is 0 Å². The van der Waals surface area contributed by atoms with Crippen molar-refractivity contribution in [3.8, 4) is 5.75 Å². The van der Waals surface area contributed by atoms with E-state index >= 15 is 0 Å². The van der Waals surface area contributed by atoms with Crippen LogP contribution in [0.2, 0.25) is 0 Å². The SMILES string of the molecule is COc1ccccc1CNc1cc(C(=O)Nc2cccc(C)c2)ncn1. The first-order valence-corrected chi connectivity index (χ1v) is 8.21. The van der Waals surface area contributed by atoms with Crippen molar-refractivity contribution in [2.45, 2.75) is 13.5 Å². The number of carbonyl (C=O) groups excluding carboxylic acids is 1. The molecule has 6 heteroatoms. The second-order valence-electron chi connectivity index (χ2n) is 5.78. The third-order valence-electron chi connectivity index (χ3n) is 3.83. The van der Waals surface area contributed by atoms with Crippen molar-refractivity contribution in [1.29, 1.82) is 0 Å². The van der Waals surface area contributed by atoms with Gasteiger partial charge in [0.1, 0.15) is 23.6 Å². The molecule has 0 aliphatic carbocycles. The zero-order chi connectivity index (χ0) is 18.4. The molecule has 0 aliphatic heterocycles. The minimum Gasteiger partial charge on any atom is -0.496 e. The van der Waals surface area contributed by atoms with Crippen LogP contribution in [-0.4, -0.2) is 23.0 Å². The Morgan fingerprint density at radius 3 is 2.73 bits per heavy atom. The normalized spacial score (nSPS) is 10.2. The number of para-hydroxylation sites is 1. The second-order valence-corrected chi connectivity index (χ2v) is 5.78. The number of amides is 1. The van der Waals surface area contributed by atoms with Gasteiger partial charge in [-0.2, -0.15) is 0 Å². The minimum absolute atomic E-state index is 0.279. The van der Waals surface area contributed by atoms with E-state index < -0.39 is 0 Å². The molecule has 0 atom stereocenters. The molecule has 0 saturated carbocycles. The van der Waals surface area contributed by atoms with E-state index in [-0.39, 0.29) is 5.91 Å². The van der Waals surface area contributed by atoms with Gasteiger partial charge in [0.2, 0.25) is 0 Å². The number of nitrogens with one attached hydrogen (secondary N) is 2. The lowest BCUT2D eigenvalue weighted by Crippen LogP contribution is -2.14. The van der Waals surface area contributed by atoms with Gasteiger partial charge in [-0.25, -0.2) is 9.97 Å². The topological polar surface area (TPSA) is 76.1 Å². The van der Waals surface area contributed by atoms with Gasteiger partial charge in [0.25, 0.3) is 5.91 Å². The first kappa shape index (κ1) is 17.4. The Kier molecular flexibility index (Phi) is 5.43. The number of carbonyl (C=O) groups is 1. The fraction of sp³-hybridized carbons (Fsp3) is 0.150. The summed E-state index contributed by atoms with van der Waals surface area (Å²) in [5.41, 5.74) is 3.10. The Labute approximate surface area is 152 Å². The quantitative estimate of drug-likeness (QED) is 0.711. The molecule has 1 aromatic heterocycles. The van der Waals surface area contributed by atoms with Gasteiger partial charge in [-0.05, 0) is 30.7 Å². The molecule has 3 aromatic rings. The smallest absolute Gasteiger partial charge is 0.274 e. The van der Waals surface area contributed by atoms with Gasteiger partial charge < -0.3 is 15.4 Å². The fourth-order valence-electron chi connectivity index (χ4n) is 2.53. The molecule has 3 rings (SSSR count). The Morgan fingerprint density at radius 1 is 1.08 bits per heavy atom. The summed E-state index contributed by atoms with van der Waals surface area (Å²) >= 11 is 0. The van der Waals surface area contributed by atoms with Crippen LogP contribution in [0.4, 0.5) is 11.5 Å². The number of hydrogen-bond donors (Lipinski definition) is 2. The van der Waals surface area contributed by atoms with E-state index in [0.29, 0.717) is 18.1 Å². The van der Waals surface area contributed by atoms with Crippen molar-refractivity contribution in [3.63, 3.8) is 0 Å². The Morgan fingerprint density at radius 2 is 1.92 bits per heavy atom. The van der Waals surface area contributed by atoms with Crippen molar-refractivity contribution >= 4 is 17.4 Å². The third-order valence-corrected chi connectivity index (χ3v) is 3.83. The van der Waals surface area contributed by atoms with Crippen LogP contribution in [0.3, 0.4) is 0 Å². The predicted octanol–water partition coefficient (Wildman–Crippen LogP) is 3.66. The van der Waals surface area contributed by atoms with Crippen molar-refractivity contribution in [2.24, 2.45) is 0 Å². The first-order valence-electron chi connectivity index (χ1n) is 8.21. The Bertz CT molecular complexity index is 912. The molecule has 132 valence electrons. The summed E-state index contributed by atoms with van der Waals surface area (Å²) in [6, 6.07) is 17.0. The van der Waals surface area contributed by atoms with Gasteiger partial charge in [-0.3, -0.25) is 4.79 Å². The highest BCUT2D eigenvalue weighted by atomic mass is 16.5. The summed E-state index contributed by atoms with van der Waals surface area (Å²) in [6.45, 7) is 2.50. The highest BCUT2D eigenvalue weighted by Gasteiger charge is 2.10. The zero-order valence-electron chi connectivity index (χ0n) is 14.7. The second kappa shape index (κ2) is 8.11. The van der Waals surface area contributed by atoms with E-state index in [2.05, 4.69) is 20.6 Å². The number of hydrogen-bond acceptors (Lipinski definition) is 5. The Balaban J connectivity index is 1.68. The molecule has 0 unspecified atom stereocenters.